The Morgan fingerprint density at radius 2 is 1.05 bits per heavy atom. The van der Waals surface area contributed by atoms with E-state index in [0.29, 0.717) is 23.7 Å². The molecule has 0 aliphatic carbocycles. The molecule has 0 aromatic carbocycles. The second kappa shape index (κ2) is 6.39. The number of ether oxygens (including phenoxy) is 4. The van der Waals surface area contributed by atoms with E-state index in [0.717, 1.165) is 13.2 Å². The summed E-state index contributed by atoms with van der Waals surface area (Å²) in [5.74, 6) is 0.611. The molecule has 0 amide bonds. The van der Waals surface area contributed by atoms with Gasteiger partial charge in [-0.15, -0.1) is 0 Å². The molecule has 0 aromatic rings. The van der Waals surface area contributed by atoms with Gasteiger partial charge in [0.25, 0.3) is 0 Å². The van der Waals surface area contributed by atoms with Crippen molar-refractivity contribution in [3.8, 4) is 0 Å². The largest absolute Gasteiger partial charge is 0.350 e. The standard InChI is InChI=1S/C18H34O4/c1-11-9-19-17(5,6)21-15(11)13(3)14(4)16-12(2)10-20-18(7,8)22-16/h11-16H,9-10H2,1-8H3/t11-,12+,13-,14+,15-,16+. The highest BCUT2D eigenvalue weighted by Crippen LogP contribution is 2.38. The Bertz CT molecular complexity index is 343. The van der Waals surface area contributed by atoms with Crippen LogP contribution in [0.3, 0.4) is 0 Å². The van der Waals surface area contributed by atoms with Crippen molar-refractivity contribution in [2.45, 2.75) is 79.2 Å². The van der Waals surface area contributed by atoms with Gasteiger partial charge in [-0.2, -0.15) is 0 Å². The van der Waals surface area contributed by atoms with Gasteiger partial charge in [-0.1, -0.05) is 27.7 Å². The fourth-order valence-electron chi connectivity index (χ4n) is 3.66. The first-order valence-corrected chi connectivity index (χ1v) is 8.66. The topological polar surface area (TPSA) is 36.9 Å². The van der Waals surface area contributed by atoms with E-state index >= 15 is 0 Å². The quantitative estimate of drug-likeness (QED) is 0.793. The van der Waals surface area contributed by atoms with Crippen LogP contribution in [0, 0.1) is 23.7 Å². The first kappa shape index (κ1) is 18.2. The van der Waals surface area contributed by atoms with Crippen LogP contribution in [0.25, 0.3) is 0 Å². The van der Waals surface area contributed by atoms with Crippen molar-refractivity contribution in [3.05, 3.63) is 0 Å². The van der Waals surface area contributed by atoms with Crippen LogP contribution in [0.1, 0.15) is 55.4 Å². The Hall–Kier alpha value is -0.160. The molecular formula is C18H34O4. The van der Waals surface area contributed by atoms with Crippen molar-refractivity contribution in [1.29, 1.82) is 0 Å². The molecule has 130 valence electrons. The predicted octanol–water partition coefficient (Wildman–Crippen LogP) is 3.83. The lowest BCUT2D eigenvalue weighted by Gasteiger charge is -2.48. The van der Waals surface area contributed by atoms with Crippen molar-refractivity contribution in [2.24, 2.45) is 23.7 Å². The zero-order valence-corrected chi connectivity index (χ0v) is 15.5. The van der Waals surface area contributed by atoms with Gasteiger partial charge in [0, 0.05) is 11.8 Å². The molecule has 2 rings (SSSR count). The summed E-state index contributed by atoms with van der Waals surface area (Å²) < 4.78 is 24.0. The third-order valence-corrected chi connectivity index (χ3v) is 5.21. The van der Waals surface area contributed by atoms with Gasteiger partial charge in [-0.25, -0.2) is 0 Å². The van der Waals surface area contributed by atoms with Gasteiger partial charge >= 0.3 is 0 Å². The summed E-state index contributed by atoms with van der Waals surface area (Å²) in [6.07, 6.45) is 0.390. The minimum absolute atomic E-state index is 0.195. The molecule has 0 spiro atoms. The summed E-state index contributed by atoms with van der Waals surface area (Å²) in [5.41, 5.74) is 0. The number of hydrogen-bond donors (Lipinski definition) is 0. The lowest BCUT2D eigenvalue weighted by molar-refractivity contribution is -0.321. The molecule has 22 heavy (non-hydrogen) atoms. The average molecular weight is 314 g/mol. The molecule has 2 heterocycles. The van der Waals surface area contributed by atoms with Crippen LogP contribution in [0.15, 0.2) is 0 Å². The zero-order valence-electron chi connectivity index (χ0n) is 15.5. The van der Waals surface area contributed by atoms with E-state index in [2.05, 4.69) is 27.7 Å². The summed E-state index contributed by atoms with van der Waals surface area (Å²) in [6.45, 7) is 18.5. The Morgan fingerprint density at radius 1 is 0.727 bits per heavy atom. The zero-order chi connectivity index (χ0) is 16.7. The first-order chi connectivity index (χ1) is 10.0. The molecule has 2 fully saturated rings. The van der Waals surface area contributed by atoms with E-state index in [-0.39, 0.29) is 12.2 Å². The van der Waals surface area contributed by atoms with E-state index in [1.54, 1.807) is 0 Å². The lowest BCUT2D eigenvalue weighted by atomic mass is 9.77. The van der Waals surface area contributed by atoms with Gasteiger partial charge < -0.3 is 18.9 Å². The van der Waals surface area contributed by atoms with Crippen LogP contribution >= 0.6 is 0 Å². The molecule has 0 unspecified atom stereocenters. The van der Waals surface area contributed by atoms with E-state index in [4.69, 9.17) is 18.9 Å². The van der Waals surface area contributed by atoms with Gasteiger partial charge in [0.15, 0.2) is 11.6 Å². The monoisotopic (exact) mass is 314 g/mol. The van der Waals surface area contributed by atoms with E-state index in [1.807, 2.05) is 27.7 Å². The maximum absolute atomic E-state index is 6.24. The molecular weight excluding hydrogens is 280 g/mol. The van der Waals surface area contributed by atoms with Gasteiger partial charge in [-0.05, 0) is 39.5 Å². The molecule has 0 aromatic heterocycles. The normalized spacial score (nSPS) is 40.9. The second-order valence-electron chi connectivity index (χ2n) is 8.26. The van der Waals surface area contributed by atoms with Crippen LogP contribution in [0.4, 0.5) is 0 Å². The van der Waals surface area contributed by atoms with Crippen LogP contribution in [-0.4, -0.2) is 37.0 Å². The second-order valence-corrected chi connectivity index (χ2v) is 8.26. The average Bonchev–Trinajstić information content (AvgIpc) is 2.42. The first-order valence-electron chi connectivity index (χ1n) is 8.66. The van der Waals surface area contributed by atoms with Crippen LogP contribution in [-0.2, 0) is 18.9 Å². The van der Waals surface area contributed by atoms with E-state index < -0.39 is 11.6 Å². The van der Waals surface area contributed by atoms with Crippen molar-refractivity contribution in [2.75, 3.05) is 13.2 Å². The summed E-state index contributed by atoms with van der Waals surface area (Å²) in [5, 5.41) is 0. The molecule has 0 saturated carbocycles. The van der Waals surface area contributed by atoms with Crippen LogP contribution < -0.4 is 0 Å². The number of rotatable bonds is 3. The van der Waals surface area contributed by atoms with Crippen LogP contribution in [0.5, 0.6) is 0 Å². The summed E-state index contributed by atoms with van der Waals surface area (Å²) in [6, 6.07) is 0. The predicted molar refractivity (Wildman–Crippen MR) is 86.5 cm³/mol. The van der Waals surface area contributed by atoms with E-state index in [1.165, 1.54) is 0 Å². The highest BCUT2D eigenvalue weighted by Gasteiger charge is 2.44. The smallest absolute Gasteiger partial charge is 0.163 e. The number of hydrogen-bond acceptors (Lipinski definition) is 4. The SMILES string of the molecule is C[C@H]([C@H](C)[C@H]1OC(C)(C)OC[C@@H]1C)[C@@H]1OC(C)(C)OC[C@H]1C. The molecule has 0 bridgehead atoms. The Kier molecular flexibility index (Phi) is 5.28. The molecule has 0 N–H and O–H groups in total. The third-order valence-electron chi connectivity index (χ3n) is 5.21. The van der Waals surface area contributed by atoms with Gasteiger partial charge in [0.2, 0.25) is 0 Å². The highest BCUT2D eigenvalue weighted by atomic mass is 16.7. The maximum atomic E-state index is 6.24. The van der Waals surface area contributed by atoms with Crippen molar-refractivity contribution >= 4 is 0 Å². The fourth-order valence-corrected chi connectivity index (χ4v) is 3.66. The van der Waals surface area contributed by atoms with Crippen molar-refractivity contribution in [3.63, 3.8) is 0 Å². The highest BCUT2D eigenvalue weighted by molar-refractivity contribution is 4.88. The third kappa shape index (κ3) is 4.02. The minimum atomic E-state index is -0.493. The molecule has 2 aliphatic rings. The van der Waals surface area contributed by atoms with Crippen molar-refractivity contribution < 1.29 is 18.9 Å². The molecule has 2 saturated heterocycles. The van der Waals surface area contributed by atoms with Crippen LogP contribution in [0.2, 0.25) is 0 Å². The Morgan fingerprint density at radius 3 is 1.36 bits per heavy atom. The molecule has 6 atom stereocenters. The molecule has 2 aliphatic heterocycles. The molecule has 4 heteroatoms. The minimum Gasteiger partial charge on any atom is -0.350 e. The molecule has 4 nitrogen and oxygen atoms in total. The fraction of sp³-hybridized carbons (Fsp3) is 1.00. The Balaban J connectivity index is 2.08. The Labute approximate surface area is 135 Å². The summed E-state index contributed by atoms with van der Waals surface area (Å²) >= 11 is 0. The molecule has 0 radical (unpaired) electrons. The van der Waals surface area contributed by atoms with Gasteiger partial charge in [0.1, 0.15) is 0 Å². The van der Waals surface area contributed by atoms with E-state index in [9.17, 15) is 0 Å². The van der Waals surface area contributed by atoms with Gasteiger partial charge in [0.05, 0.1) is 25.4 Å². The lowest BCUT2D eigenvalue weighted by Crippen LogP contribution is -2.53. The summed E-state index contributed by atoms with van der Waals surface area (Å²) in [7, 11) is 0. The van der Waals surface area contributed by atoms with Gasteiger partial charge in [-0.3, -0.25) is 0 Å². The maximum Gasteiger partial charge on any atom is 0.163 e. The van der Waals surface area contributed by atoms with Crippen molar-refractivity contribution in [1.82, 2.24) is 0 Å². The summed E-state index contributed by atoms with van der Waals surface area (Å²) in [4.78, 5) is 0.